The number of rotatable bonds is 5. The van der Waals surface area contributed by atoms with Crippen LogP contribution in [0.1, 0.15) is 46.0 Å². The van der Waals surface area contributed by atoms with Crippen LogP contribution in [0.2, 0.25) is 0 Å². The Morgan fingerprint density at radius 1 is 1.31 bits per heavy atom. The SMILES string of the molecule is C[C@@H](S)[C@@H](C)C/C=C/CC1CCC1. The standard InChI is InChI=1S/C12H22S/c1-10(11(2)13)6-3-4-7-12-8-5-9-12/h3-4,10-13H,5-9H2,1-2H3/b4-3+/t10-,11+/m0/s1. The summed E-state index contributed by atoms with van der Waals surface area (Å²) in [7, 11) is 0. The summed E-state index contributed by atoms with van der Waals surface area (Å²) in [6.45, 7) is 4.44. The summed E-state index contributed by atoms with van der Waals surface area (Å²) in [6, 6.07) is 0. The molecular weight excluding hydrogens is 176 g/mol. The molecule has 1 fully saturated rings. The van der Waals surface area contributed by atoms with Crippen molar-refractivity contribution in [3.8, 4) is 0 Å². The molecule has 2 atom stereocenters. The fourth-order valence-electron chi connectivity index (χ4n) is 1.52. The summed E-state index contributed by atoms with van der Waals surface area (Å²) >= 11 is 4.43. The van der Waals surface area contributed by atoms with Crippen molar-refractivity contribution in [3.05, 3.63) is 12.2 Å². The lowest BCUT2D eigenvalue weighted by Crippen LogP contribution is -2.09. The van der Waals surface area contributed by atoms with E-state index in [4.69, 9.17) is 0 Å². The maximum atomic E-state index is 4.43. The maximum Gasteiger partial charge on any atom is 0.00170 e. The Balaban J connectivity index is 2.03. The lowest BCUT2D eigenvalue weighted by Gasteiger charge is -2.23. The fraction of sp³-hybridized carbons (Fsp3) is 0.833. The van der Waals surface area contributed by atoms with Gasteiger partial charge in [-0.1, -0.05) is 45.3 Å². The minimum absolute atomic E-state index is 0.522. The molecule has 0 unspecified atom stereocenters. The second-order valence-electron chi connectivity index (χ2n) is 4.46. The molecule has 1 aliphatic rings. The van der Waals surface area contributed by atoms with E-state index in [9.17, 15) is 0 Å². The van der Waals surface area contributed by atoms with Gasteiger partial charge >= 0.3 is 0 Å². The molecule has 0 nitrogen and oxygen atoms in total. The van der Waals surface area contributed by atoms with Crippen molar-refractivity contribution in [1.82, 2.24) is 0 Å². The minimum atomic E-state index is 0.522. The number of thiol groups is 1. The van der Waals surface area contributed by atoms with Gasteiger partial charge in [0.15, 0.2) is 0 Å². The summed E-state index contributed by atoms with van der Waals surface area (Å²) < 4.78 is 0. The predicted octanol–water partition coefficient (Wildman–Crippen LogP) is 4.08. The van der Waals surface area contributed by atoms with Crippen LogP contribution < -0.4 is 0 Å². The first-order valence-corrected chi connectivity index (χ1v) is 6.05. The van der Waals surface area contributed by atoms with Gasteiger partial charge in [-0.2, -0.15) is 12.6 Å². The number of hydrogen-bond donors (Lipinski definition) is 1. The van der Waals surface area contributed by atoms with E-state index in [1.165, 1.54) is 32.1 Å². The third kappa shape index (κ3) is 4.21. The molecule has 0 aliphatic heterocycles. The van der Waals surface area contributed by atoms with Gasteiger partial charge in [0.25, 0.3) is 0 Å². The van der Waals surface area contributed by atoms with E-state index in [1.54, 1.807) is 0 Å². The highest BCUT2D eigenvalue weighted by molar-refractivity contribution is 7.80. The zero-order valence-corrected chi connectivity index (χ0v) is 9.76. The predicted molar refractivity (Wildman–Crippen MR) is 63.3 cm³/mol. The van der Waals surface area contributed by atoms with Gasteiger partial charge in [0.1, 0.15) is 0 Å². The Hall–Kier alpha value is 0.0900. The molecule has 0 aromatic heterocycles. The van der Waals surface area contributed by atoms with Gasteiger partial charge in [0, 0.05) is 5.25 Å². The van der Waals surface area contributed by atoms with Gasteiger partial charge in [-0.05, 0) is 24.7 Å². The zero-order chi connectivity index (χ0) is 9.68. The topological polar surface area (TPSA) is 0 Å². The van der Waals surface area contributed by atoms with Crippen molar-refractivity contribution < 1.29 is 0 Å². The molecule has 0 aromatic carbocycles. The van der Waals surface area contributed by atoms with Crippen LogP contribution in [0, 0.1) is 11.8 Å². The molecule has 0 aromatic rings. The number of allylic oxidation sites excluding steroid dienone is 2. The molecule has 1 rings (SSSR count). The molecule has 76 valence electrons. The maximum absolute atomic E-state index is 4.43. The monoisotopic (exact) mass is 198 g/mol. The Labute approximate surface area is 88.2 Å². The van der Waals surface area contributed by atoms with Crippen LogP contribution in [0.4, 0.5) is 0 Å². The van der Waals surface area contributed by atoms with Crippen molar-refractivity contribution in [2.45, 2.75) is 51.2 Å². The molecular formula is C12H22S. The van der Waals surface area contributed by atoms with E-state index < -0.39 is 0 Å². The van der Waals surface area contributed by atoms with E-state index in [1.807, 2.05) is 0 Å². The quantitative estimate of drug-likeness (QED) is 0.499. The van der Waals surface area contributed by atoms with E-state index in [-0.39, 0.29) is 0 Å². The van der Waals surface area contributed by atoms with Crippen LogP contribution in [0.15, 0.2) is 12.2 Å². The van der Waals surface area contributed by atoms with Crippen LogP contribution in [-0.2, 0) is 0 Å². The average molecular weight is 198 g/mol. The first kappa shape index (κ1) is 11.2. The molecule has 13 heavy (non-hydrogen) atoms. The highest BCUT2D eigenvalue weighted by Crippen LogP contribution is 2.29. The summed E-state index contributed by atoms with van der Waals surface area (Å²) in [5.74, 6) is 1.72. The Morgan fingerprint density at radius 2 is 2.00 bits per heavy atom. The van der Waals surface area contributed by atoms with Crippen LogP contribution in [0.5, 0.6) is 0 Å². The Morgan fingerprint density at radius 3 is 2.46 bits per heavy atom. The van der Waals surface area contributed by atoms with E-state index in [0.717, 1.165) is 5.92 Å². The van der Waals surface area contributed by atoms with Crippen molar-refractivity contribution >= 4 is 12.6 Å². The summed E-state index contributed by atoms with van der Waals surface area (Å²) in [6.07, 6.45) is 11.6. The molecule has 0 N–H and O–H groups in total. The van der Waals surface area contributed by atoms with Crippen molar-refractivity contribution in [2.24, 2.45) is 11.8 Å². The normalized spacial score (nSPS) is 23.0. The zero-order valence-electron chi connectivity index (χ0n) is 8.87. The molecule has 0 amide bonds. The first-order chi connectivity index (χ1) is 6.20. The van der Waals surface area contributed by atoms with Gasteiger partial charge < -0.3 is 0 Å². The summed E-state index contributed by atoms with van der Waals surface area (Å²) in [5, 5.41) is 0.522. The largest absolute Gasteiger partial charge is 0.176 e. The molecule has 0 spiro atoms. The van der Waals surface area contributed by atoms with Crippen LogP contribution in [0.25, 0.3) is 0 Å². The van der Waals surface area contributed by atoms with Gasteiger partial charge in [0.05, 0.1) is 0 Å². The van der Waals surface area contributed by atoms with E-state index in [2.05, 4.69) is 38.6 Å². The van der Waals surface area contributed by atoms with Gasteiger partial charge in [-0.15, -0.1) is 0 Å². The second-order valence-corrected chi connectivity index (χ2v) is 5.27. The molecule has 1 heteroatoms. The molecule has 1 saturated carbocycles. The summed E-state index contributed by atoms with van der Waals surface area (Å²) in [5.41, 5.74) is 0. The Kier molecular flexibility index (Phi) is 4.93. The average Bonchev–Trinajstić information content (AvgIpc) is 2.00. The highest BCUT2D eigenvalue weighted by Gasteiger charge is 2.15. The summed E-state index contributed by atoms with van der Waals surface area (Å²) in [4.78, 5) is 0. The first-order valence-electron chi connectivity index (χ1n) is 5.53. The highest BCUT2D eigenvalue weighted by atomic mass is 32.1. The third-order valence-corrected chi connectivity index (χ3v) is 3.70. The molecule has 1 aliphatic carbocycles. The van der Waals surface area contributed by atoms with E-state index in [0.29, 0.717) is 11.2 Å². The minimum Gasteiger partial charge on any atom is -0.176 e. The molecule has 0 heterocycles. The van der Waals surface area contributed by atoms with Crippen molar-refractivity contribution in [1.29, 1.82) is 0 Å². The fourth-order valence-corrected chi connectivity index (χ4v) is 1.65. The lowest BCUT2D eigenvalue weighted by atomic mass is 9.83. The smallest absolute Gasteiger partial charge is 0.00170 e. The third-order valence-electron chi connectivity index (χ3n) is 3.19. The van der Waals surface area contributed by atoms with Crippen LogP contribution >= 0.6 is 12.6 Å². The molecule has 0 radical (unpaired) electrons. The van der Waals surface area contributed by atoms with Crippen molar-refractivity contribution in [2.75, 3.05) is 0 Å². The molecule has 0 saturated heterocycles. The number of hydrogen-bond acceptors (Lipinski definition) is 1. The van der Waals surface area contributed by atoms with Crippen LogP contribution in [-0.4, -0.2) is 5.25 Å². The molecule has 0 bridgehead atoms. The van der Waals surface area contributed by atoms with Gasteiger partial charge in [-0.3, -0.25) is 0 Å². The Bertz CT molecular complexity index is 157. The van der Waals surface area contributed by atoms with E-state index >= 15 is 0 Å². The lowest BCUT2D eigenvalue weighted by molar-refractivity contribution is 0.319. The van der Waals surface area contributed by atoms with Gasteiger partial charge in [-0.25, -0.2) is 0 Å². The van der Waals surface area contributed by atoms with Gasteiger partial charge in [0.2, 0.25) is 0 Å². The second kappa shape index (κ2) is 5.74. The van der Waals surface area contributed by atoms with Crippen LogP contribution in [0.3, 0.4) is 0 Å². The van der Waals surface area contributed by atoms with Crippen molar-refractivity contribution in [3.63, 3.8) is 0 Å².